The fourth-order valence-electron chi connectivity index (χ4n) is 3.01. The lowest BCUT2D eigenvalue weighted by Gasteiger charge is -2.30. The van der Waals surface area contributed by atoms with E-state index in [1.54, 1.807) is 0 Å². The van der Waals surface area contributed by atoms with Crippen LogP contribution in [0.2, 0.25) is 0 Å². The molecule has 0 aromatic heterocycles. The summed E-state index contributed by atoms with van der Waals surface area (Å²) in [6.07, 6.45) is 4.34. The summed E-state index contributed by atoms with van der Waals surface area (Å²) in [5, 5.41) is 0.334. The van der Waals surface area contributed by atoms with Crippen LogP contribution < -0.4 is 0 Å². The molecule has 3 heteroatoms. The third-order valence-corrected chi connectivity index (χ3v) is 4.16. The van der Waals surface area contributed by atoms with Gasteiger partial charge in [0.25, 0.3) is 0 Å². The van der Waals surface area contributed by atoms with Crippen LogP contribution in [0.1, 0.15) is 22.7 Å². The number of amidine groups is 1. The quantitative estimate of drug-likeness (QED) is 0.693. The van der Waals surface area contributed by atoms with E-state index in [1.807, 2.05) is 30.3 Å². The zero-order valence-corrected chi connectivity index (χ0v) is 12.0. The Balaban J connectivity index is 1.85. The van der Waals surface area contributed by atoms with E-state index in [1.165, 1.54) is 11.1 Å². The monoisotopic (exact) mass is 292 g/mol. The van der Waals surface area contributed by atoms with Crippen molar-refractivity contribution in [2.45, 2.75) is 6.04 Å². The zero-order valence-electron chi connectivity index (χ0n) is 11.3. The van der Waals surface area contributed by atoms with Gasteiger partial charge in [0.15, 0.2) is 0 Å². The molecular weight excluding hydrogens is 280 g/mol. The van der Waals surface area contributed by atoms with Crippen LogP contribution in [-0.2, 0) is 0 Å². The Bertz CT molecular complexity index is 775. The van der Waals surface area contributed by atoms with Crippen molar-refractivity contribution in [2.75, 3.05) is 0 Å². The van der Waals surface area contributed by atoms with Gasteiger partial charge in [-0.1, -0.05) is 66.7 Å². The molecule has 1 heterocycles. The third-order valence-electron chi connectivity index (χ3n) is 3.98. The molecule has 4 rings (SSSR count). The Morgan fingerprint density at radius 1 is 0.905 bits per heavy atom. The second-order valence-electron chi connectivity index (χ2n) is 5.22. The fraction of sp³-hybridized carbons (Fsp3) is 0.111. The highest BCUT2D eigenvalue weighted by Crippen LogP contribution is 2.39. The first kappa shape index (κ1) is 12.5. The molecule has 0 N–H and O–H groups in total. The van der Waals surface area contributed by atoms with Gasteiger partial charge >= 0.3 is 0 Å². The predicted molar refractivity (Wildman–Crippen MR) is 88.0 cm³/mol. The fourth-order valence-corrected chi connectivity index (χ4v) is 3.21. The van der Waals surface area contributed by atoms with Crippen molar-refractivity contribution in [1.82, 2.24) is 0 Å². The van der Waals surface area contributed by atoms with Crippen LogP contribution in [0.25, 0.3) is 6.08 Å². The minimum absolute atomic E-state index is 0.0198. The second-order valence-corrected chi connectivity index (χ2v) is 5.56. The molecule has 102 valence electrons. The van der Waals surface area contributed by atoms with E-state index in [9.17, 15) is 0 Å². The maximum absolute atomic E-state index is 6.19. The van der Waals surface area contributed by atoms with Gasteiger partial charge in [0.2, 0.25) is 5.29 Å². The lowest BCUT2D eigenvalue weighted by Crippen LogP contribution is -2.27. The predicted octanol–water partition coefficient (Wildman–Crippen LogP) is 4.47. The van der Waals surface area contributed by atoms with E-state index in [0.29, 0.717) is 5.29 Å². The summed E-state index contributed by atoms with van der Waals surface area (Å²) in [4.78, 5) is 9.06. The van der Waals surface area contributed by atoms with Gasteiger partial charge in [-0.05, 0) is 28.3 Å². The van der Waals surface area contributed by atoms with Crippen molar-refractivity contribution < 1.29 is 0 Å². The Kier molecular flexibility index (Phi) is 2.97. The number of nitrogens with zero attached hydrogens (tertiary/aromatic N) is 2. The highest BCUT2D eigenvalue weighted by atomic mass is 35.5. The van der Waals surface area contributed by atoms with Crippen LogP contribution in [-0.4, -0.2) is 11.0 Å². The summed E-state index contributed by atoms with van der Waals surface area (Å²) >= 11 is 6.19. The summed E-state index contributed by atoms with van der Waals surface area (Å²) in [6, 6.07) is 18.5. The third kappa shape index (κ3) is 2.12. The number of halogens is 1. The summed E-state index contributed by atoms with van der Waals surface area (Å²) < 4.78 is 0. The molecule has 2 unspecified atom stereocenters. The average Bonchev–Trinajstić information content (AvgIpc) is 2.55. The first-order chi connectivity index (χ1) is 10.3. The molecule has 21 heavy (non-hydrogen) atoms. The van der Waals surface area contributed by atoms with Crippen molar-refractivity contribution in [3.05, 3.63) is 77.4 Å². The Hall–Kier alpha value is -2.19. The first-order valence-corrected chi connectivity index (χ1v) is 7.35. The van der Waals surface area contributed by atoms with Gasteiger partial charge in [-0.3, -0.25) is 0 Å². The first-order valence-electron chi connectivity index (χ1n) is 6.97. The summed E-state index contributed by atoms with van der Waals surface area (Å²) in [5.41, 5.74) is 4.52. The number of hydrogen-bond donors (Lipinski definition) is 0. The van der Waals surface area contributed by atoms with E-state index in [4.69, 9.17) is 11.6 Å². The molecule has 0 saturated carbocycles. The maximum Gasteiger partial charge on any atom is 0.218 e. The molecule has 0 spiro atoms. The Morgan fingerprint density at radius 2 is 1.67 bits per heavy atom. The number of aliphatic imine (C=N–C) groups is 2. The van der Waals surface area contributed by atoms with Crippen LogP contribution in [0, 0.1) is 5.92 Å². The molecule has 2 aromatic rings. The highest BCUT2D eigenvalue weighted by molar-refractivity contribution is 6.66. The summed E-state index contributed by atoms with van der Waals surface area (Å²) in [5.74, 6) is 0.143. The molecule has 2 aliphatic rings. The molecule has 2 atom stereocenters. The molecule has 1 aliphatic heterocycles. The molecular formula is C18H13ClN2. The molecule has 0 fully saturated rings. The minimum atomic E-state index is 0.0198. The van der Waals surface area contributed by atoms with Crippen LogP contribution in [0.15, 0.2) is 70.7 Å². The van der Waals surface area contributed by atoms with Crippen LogP contribution in [0.5, 0.6) is 0 Å². The van der Waals surface area contributed by atoms with Crippen LogP contribution in [0.4, 0.5) is 0 Å². The number of fused-ring (bicyclic) bond motifs is 3. The number of rotatable bonds is 1. The lowest BCUT2D eigenvalue weighted by molar-refractivity contribution is 0.636. The standard InChI is InChI=1S/C18H13ClN2/c19-18-20-16(13-7-2-1-3-8-13)15-11-10-12-6-4-5-9-14(12)17(15)21-18/h1-11,15,17H. The van der Waals surface area contributed by atoms with Gasteiger partial charge in [0.1, 0.15) is 0 Å². The van der Waals surface area contributed by atoms with E-state index < -0.39 is 0 Å². The van der Waals surface area contributed by atoms with Crippen molar-refractivity contribution >= 4 is 28.7 Å². The van der Waals surface area contributed by atoms with E-state index in [-0.39, 0.29) is 12.0 Å². The molecule has 1 aliphatic carbocycles. The number of benzene rings is 2. The smallest absolute Gasteiger partial charge is 0.218 e. The van der Waals surface area contributed by atoms with Gasteiger partial charge in [0.05, 0.1) is 11.8 Å². The van der Waals surface area contributed by atoms with Crippen LogP contribution >= 0.6 is 11.6 Å². The highest BCUT2D eigenvalue weighted by Gasteiger charge is 2.33. The van der Waals surface area contributed by atoms with Crippen LogP contribution in [0.3, 0.4) is 0 Å². The van der Waals surface area contributed by atoms with Gasteiger partial charge in [-0.2, -0.15) is 0 Å². The Morgan fingerprint density at radius 3 is 2.52 bits per heavy atom. The molecule has 2 aromatic carbocycles. The summed E-state index contributed by atoms with van der Waals surface area (Å²) in [6.45, 7) is 0. The molecule has 0 radical (unpaired) electrons. The van der Waals surface area contributed by atoms with Crippen molar-refractivity contribution in [3.8, 4) is 0 Å². The molecule has 0 bridgehead atoms. The summed E-state index contributed by atoms with van der Waals surface area (Å²) in [7, 11) is 0. The normalized spacial score (nSPS) is 22.9. The lowest BCUT2D eigenvalue weighted by atomic mass is 9.80. The number of hydrogen-bond acceptors (Lipinski definition) is 2. The van der Waals surface area contributed by atoms with Crippen molar-refractivity contribution in [1.29, 1.82) is 0 Å². The van der Waals surface area contributed by atoms with Gasteiger partial charge in [-0.25, -0.2) is 9.98 Å². The molecule has 0 amide bonds. The van der Waals surface area contributed by atoms with Gasteiger partial charge in [-0.15, -0.1) is 0 Å². The van der Waals surface area contributed by atoms with E-state index >= 15 is 0 Å². The van der Waals surface area contributed by atoms with Crippen molar-refractivity contribution in [2.24, 2.45) is 15.9 Å². The largest absolute Gasteiger partial charge is 0.247 e. The SMILES string of the molecule is ClC1=NC2c3ccccc3C=CC2C(c2ccccc2)=N1. The van der Waals surface area contributed by atoms with E-state index in [0.717, 1.165) is 11.3 Å². The molecule has 2 nitrogen and oxygen atoms in total. The topological polar surface area (TPSA) is 24.7 Å². The van der Waals surface area contributed by atoms with Gasteiger partial charge in [0, 0.05) is 5.92 Å². The maximum atomic E-state index is 6.19. The minimum Gasteiger partial charge on any atom is -0.247 e. The molecule has 0 saturated heterocycles. The van der Waals surface area contributed by atoms with E-state index in [2.05, 4.69) is 46.4 Å². The Labute approximate surface area is 128 Å². The van der Waals surface area contributed by atoms with Crippen molar-refractivity contribution in [3.63, 3.8) is 0 Å². The van der Waals surface area contributed by atoms with Gasteiger partial charge < -0.3 is 0 Å². The zero-order chi connectivity index (χ0) is 14.2. The second kappa shape index (κ2) is 4.97. The average molecular weight is 293 g/mol.